The lowest BCUT2D eigenvalue weighted by molar-refractivity contribution is 0.576. The summed E-state index contributed by atoms with van der Waals surface area (Å²) in [5.74, 6) is -1.18. The van der Waals surface area contributed by atoms with E-state index < -0.39 is 11.6 Å². The highest BCUT2D eigenvalue weighted by atomic mass is 19.1. The minimum absolute atomic E-state index is 0.0407. The molecule has 1 atom stereocenters. The summed E-state index contributed by atoms with van der Waals surface area (Å²) in [5, 5.41) is 5.20. The first-order valence-corrected chi connectivity index (χ1v) is 10.3. The number of nitrogens with zero attached hydrogens (tertiary/aromatic N) is 2. The van der Waals surface area contributed by atoms with E-state index in [4.69, 9.17) is 0 Å². The molecule has 4 rings (SSSR count). The largest absolute Gasteiger partial charge is 0.385 e. The molecule has 0 saturated carbocycles. The van der Waals surface area contributed by atoms with Gasteiger partial charge in [-0.3, -0.25) is 9.98 Å². The molecule has 3 aromatic rings. The van der Waals surface area contributed by atoms with Gasteiger partial charge in [0.1, 0.15) is 11.6 Å². The second-order valence-corrected chi connectivity index (χ2v) is 7.91. The summed E-state index contributed by atoms with van der Waals surface area (Å²) in [4.78, 5) is 8.60. The number of nitrogens with one attached hydrogen (secondary N) is 1. The fourth-order valence-corrected chi connectivity index (χ4v) is 4.00. The second-order valence-electron chi connectivity index (χ2n) is 7.91. The minimum atomic E-state index is -0.577. The van der Waals surface area contributed by atoms with Crippen molar-refractivity contribution < 1.29 is 8.78 Å². The van der Waals surface area contributed by atoms with Crippen LogP contribution in [0.25, 0.3) is 22.0 Å². The monoisotopic (exact) mass is 417 g/mol. The molecule has 2 aromatic carbocycles. The van der Waals surface area contributed by atoms with E-state index in [2.05, 4.69) is 21.4 Å². The molecule has 0 amide bonds. The Hall–Kier alpha value is -3.34. The smallest absolute Gasteiger partial charge is 0.135 e. The van der Waals surface area contributed by atoms with Crippen LogP contribution in [0.3, 0.4) is 0 Å². The topological polar surface area (TPSA) is 37.3 Å². The van der Waals surface area contributed by atoms with E-state index in [9.17, 15) is 4.39 Å². The van der Waals surface area contributed by atoms with Gasteiger partial charge in [-0.15, -0.1) is 0 Å². The van der Waals surface area contributed by atoms with E-state index >= 15 is 4.39 Å². The second kappa shape index (κ2) is 8.80. The standard InChI is InChI=1S/C26H25F2N3/c1-16(29-3)10-17(2)31-15-18-11-20(12-18)23-13-21(27)14-24(28)25(23)26-22-7-5-4-6-19(22)8-9-30-26/h4-11,13-14,20,31H,12,15H2,1-3H3/b17-10-,29-16?. The number of pyridine rings is 1. The summed E-state index contributed by atoms with van der Waals surface area (Å²) >= 11 is 0. The Morgan fingerprint density at radius 2 is 1.97 bits per heavy atom. The molecule has 3 nitrogen and oxygen atoms in total. The minimum Gasteiger partial charge on any atom is -0.385 e. The predicted molar refractivity (Wildman–Crippen MR) is 123 cm³/mol. The molecule has 5 heteroatoms. The molecular weight excluding hydrogens is 392 g/mol. The Morgan fingerprint density at radius 1 is 1.19 bits per heavy atom. The van der Waals surface area contributed by atoms with Crippen LogP contribution < -0.4 is 5.32 Å². The van der Waals surface area contributed by atoms with Crippen LogP contribution in [0.1, 0.15) is 31.7 Å². The van der Waals surface area contributed by atoms with Crippen molar-refractivity contribution in [3.8, 4) is 11.3 Å². The average molecular weight is 418 g/mol. The van der Waals surface area contributed by atoms with Gasteiger partial charge in [0.15, 0.2) is 0 Å². The van der Waals surface area contributed by atoms with Gasteiger partial charge in [0, 0.05) is 54.1 Å². The van der Waals surface area contributed by atoms with Gasteiger partial charge in [-0.1, -0.05) is 35.9 Å². The Kier molecular flexibility index (Phi) is 5.94. The molecule has 1 aliphatic rings. The highest BCUT2D eigenvalue weighted by Crippen LogP contribution is 2.42. The molecule has 1 aromatic heterocycles. The van der Waals surface area contributed by atoms with Gasteiger partial charge in [0.2, 0.25) is 0 Å². The number of halogens is 2. The van der Waals surface area contributed by atoms with Crippen LogP contribution in [0.5, 0.6) is 0 Å². The lowest BCUT2D eigenvalue weighted by atomic mass is 9.78. The number of allylic oxidation sites excluding steroid dienone is 3. The first kappa shape index (κ1) is 20.9. The van der Waals surface area contributed by atoms with E-state index in [1.54, 1.807) is 13.2 Å². The van der Waals surface area contributed by atoms with Gasteiger partial charge in [-0.05, 0) is 49.4 Å². The molecule has 0 bridgehead atoms. The highest BCUT2D eigenvalue weighted by molar-refractivity contribution is 5.95. The van der Waals surface area contributed by atoms with Crippen LogP contribution in [0.2, 0.25) is 0 Å². The molecule has 0 saturated heterocycles. The van der Waals surface area contributed by atoms with Crippen LogP contribution in [-0.2, 0) is 0 Å². The first-order chi connectivity index (χ1) is 15.0. The fourth-order valence-electron chi connectivity index (χ4n) is 4.00. The number of benzene rings is 2. The van der Waals surface area contributed by atoms with Crippen LogP contribution >= 0.6 is 0 Å². The maximum absolute atomic E-state index is 15.0. The van der Waals surface area contributed by atoms with Crippen molar-refractivity contribution in [3.63, 3.8) is 0 Å². The third-order valence-corrected chi connectivity index (χ3v) is 5.69. The summed E-state index contributed by atoms with van der Waals surface area (Å²) in [7, 11) is 1.76. The van der Waals surface area contributed by atoms with E-state index in [-0.39, 0.29) is 5.92 Å². The summed E-state index contributed by atoms with van der Waals surface area (Å²) in [6.07, 6.45) is 6.50. The van der Waals surface area contributed by atoms with Gasteiger partial charge in [0.05, 0.1) is 5.69 Å². The number of fused-ring (bicyclic) bond motifs is 1. The average Bonchev–Trinajstić information content (AvgIpc) is 2.72. The summed E-state index contributed by atoms with van der Waals surface area (Å²) in [6.45, 7) is 4.65. The quantitative estimate of drug-likeness (QED) is 0.384. The number of hydrogen-bond acceptors (Lipinski definition) is 3. The van der Waals surface area contributed by atoms with Gasteiger partial charge < -0.3 is 5.32 Å². The molecule has 1 unspecified atom stereocenters. The first-order valence-electron chi connectivity index (χ1n) is 10.3. The molecule has 0 spiro atoms. The summed E-state index contributed by atoms with van der Waals surface area (Å²) < 4.78 is 29.2. The Morgan fingerprint density at radius 3 is 2.74 bits per heavy atom. The predicted octanol–water partition coefficient (Wildman–Crippen LogP) is 6.18. The Bertz CT molecular complexity index is 1220. The molecule has 1 heterocycles. The molecule has 0 aliphatic heterocycles. The van der Waals surface area contributed by atoms with Crippen LogP contribution in [-0.4, -0.2) is 24.3 Å². The van der Waals surface area contributed by atoms with E-state index in [0.717, 1.165) is 34.7 Å². The van der Waals surface area contributed by atoms with Crippen molar-refractivity contribution in [1.82, 2.24) is 10.3 Å². The molecular formula is C26H25F2N3. The van der Waals surface area contributed by atoms with Gasteiger partial charge >= 0.3 is 0 Å². The fraction of sp³-hybridized carbons (Fsp3) is 0.231. The molecule has 158 valence electrons. The number of hydrogen-bond donors (Lipinski definition) is 1. The highest BCUT2D eigenvalue weighted by Gasteiger charge is 2.27. The third kappa shape index (κ3) is 4.41. The van der Waals surface area contributed by atoms with E-state index in [0.29, 0.717) is 23.4 Å². The number of rotatable bonds is 6. The molecule has 0 radical (unpaired) electrons. The zero-order valence-electron chi connectivity index (χ0n) is 17.9. The van der Waals surface area contributed by atoms with Gasteiger partial charge in [-0.25, -0.2) is 8.78 Å². The van der Waals surface area contributed by atoms with Gasteiger partial charge in [0.25, 0.3) is 0 Å². The zero-order valence-corrected chi connectivity index (χ0v) is 17.9. The van der Waals surface area contributed by atoms with Crippen LogP contribution in [0, 0.1) is 11.6 Å². The number of aliphatic imine (C=N–C) groups is 1. The summed E-state index contributed by atoms with van der Waals surface area (Å²) in [6, 6.07) is 12.0. The van der Waals surface area contributed by atoms with Crippen LogP contribution in [0.15, 0.2) is 77.1 Å². The lowest BCUT2D eigenvalue weighted by Crippen LogP contribution is -2.22. The summed E-state index contributed by atoms with van der Waals surface area (Å²) in [5.41, 5.74) is 4.78. The molecule has 1 aliphatic carbocycles. The maximum Gasteiger partial charge on any atom is 0.135 e. The maximum atomic E-state index is 15.0. The van der Waals surface area contributed by atoms with Crippen molar-refractivity contribution in [1.29, 1.82) is 0 Å². The SMILES string of the molecule is CN=C(C)/C=C(/C)NCC1=CC(c2cc(F)cc(F)c2-c2nccc3ccccc23)C1. The third-order valence-electron chi connectivity index (χ3n) is 5.69. The molecule has 1 N–H and O–H groups in total. The molecule has 0 fully saturated rings. The van der Waals surface area contributed by atoms with Crippen LogP contribution in [0.4, 0.5) is 8.78 Å². The van der Waals surface area contributed by atoms with E-state index in [1.165, 1.54) is 11.6 Å². The zero-order chi connectivity index (χ0) is 22.0. The number of aromatic nitrogens is 1. The van der Waals surface area contributed by atoms with Crippen molar-refractivity contribution in [2.75, 3.05) is 13.6 Å². The molecule has 31 heavy (non-hydrogen) atoms. The Labute approximate surface area is 181 Å². The Balaban J connectivity index is 1.64. The van der Waals surface area contributed by atoms with Crippen molar-refractivity contribution in [2.24, 2.45) is 4.99 Å². The van der Waals surface area contributed by atoms with E-state index in [1.807, 2.05) is 50.3 Å². The normalized spacial score (nSPS) is 16.8. The van der Waals surface area contributed by atoms with Crippen molar-refractivity contribution in [2.45, 2.75) is 26.2 Å². The van der Waals surface area contributed by atoms with Gasteiger partial charge in [-0.2, -0.15) is 0 Å². The van der Waals surface area contributed by atoms with Crippen molar-refractivity contribution in [3.05, 3.63) is 89.3 Å². The van der Waals surface area contributed by atoms with Crippen molar-refractivity contribution >= 4 is 16.5 Å². The lowest BCUT2D eigenvalue weighted by Gasteiger charge is -2.28.